The fraction of sp³-hybridized carbons (Fsp3) is 0.655. The molecule has 40 heavy (non-hydrogen) atoms. The maximum atomic E-state index is 13.7. The number of amides is 1. The molecule has 5 aliphatic rings. The molecule has 2 unspecified atom stereocenters. The van der Waals surface area contributed by atoms with Gasteiger partial charge in [0.25, 0.3) is 5.91 Å². The largest absolute Gasteiger partial charge is 0.380 e. The summed E-state index contributed by atoms with van der Waals surface area (Å²) in [6.45, 7) is 3.96. The standard InChI is InChI=1S/C29H37FN4O5S/c30-23-3-1-18(2-4-23)12-33-13-20-7-19(8-21(20)14-33)17-40(36,37)34-25-5-6-26(34)10-24(9-25)31-29(35)27-11-28(39-32-27)22-15-38-16-22/h1-4,11,19-22,24-26H,5-10,12-17H2,(H,31,35)/t19?,20-,21+,24?,25-,26+. The summed E-state index contributed by atoms with van der Waals surface area (Å²) in [6.07, 6.45) is 4.88. The van der Waals surface area contributed by atoms with E-state index in [1.54, 1.807) is 10.4 Å². The maximum absolute atomic E-state index is 13.7. The van der Waals surface area contributed by atoms with E-state index >= 15 is 0 Å². The molecule has 1 aromatic carbocycles. The van der Waals surface area contributed by atoms with Crippen LogP contribution in [0.5, 0.6) is 0 Å². The number of likely N-dealkylation sites (tertiary alicyclic amines) is 1. The van der Waals surface area contributed by atoms with Gasteiger partial charge in [-0.2, -0.15) is 4.31 Å². The molecule has 2 bridgehead atoms. The number of hydrogen-bond acceptors (Lipinski definition) is 7. The molecule has 5 heterocycles. The van der Waals surface area contributed by atoms with E-state index in [0.29, 0.717) is 43.7 Å². The van der Waals surface area contributed by atoms with E-state index < -0.39 is 10.0 Å². The second-order valence-corrected chi connectivity index (χ2v) is 14.6. The van der Waals surface area contributed by atoms with Crippen molar-refractivity contribution < 1.29 is 26.9 Å². The number of sulfonamides is 1. The van der Waals surface area contributed by atoms with Crippen LogP contribution in [0.4, 0.5) is 4.39 Å². The number of halogens is 1. The van der Waals surface area contributed by atoms with Crippen molar-refractivity contribution in [2.45, 2.75) is 69.1 Å². The minimum Gasteiger partial charge on any atom is -0.380 e. The minimum absolute atomic E-state index is 0.0545. The molecule has 0 spiro atoms. The number of hydrogen-bond donors (Lipinski definition) is 1. The maximum Gasteiger partial charge on any atom is 0.273 e. The van der Waals surface area contributed by atoms with E-state index in [0.717, 1.165) is 50.9 Å². The first kappa shape index (κ1) is 26.6. The molecule has 7 rings (SSSR count). The van der Waals surface area contributed by atoms with E-state index in [1.807, 2.05) is 12.1 Å². The number of carbonyl (C=O) groups is 1. The first-order valence-corrected chi connectivity index (χ1v) is 16.2. The van der Waals surface area contributed by atoms with Crippen LogP contribution in [0.15, 0.2) is 34.9 Å². The number of ether oxygens (including phenoxy) is 1. The average molecular weight is 573 g/mol. The van der Waals surface area contributed by atoms with Gasteiger partial charge < -0.3 is 14.6 Å². The molecule has 1 N–H and O–H groups in total. The van der Waals surface area contributed by atoms with Gasteiger partial charge in [-0.25, -0.2) is 12.8 Å². The Bertz CT molecular complexity index is 1320. The van der Waals surface area contributed by atoms with Crippen molar-refractivity contribution in [1.29, 1.82) is 0 Å². The highest BCUT2D eigenvalue weighted by Gasteiger charge is 2.49. The fourth-order valence-corrected chi connectivity index (χ4v) is 10.3. The monoisotopic (exact) mass is 572 g/mol. The number of nitrogens with one attached hydrogen (secondary N) is 1. The number of fused-ring (bicyclic) bond motifs is 3. The predicted molar refractivity (Wildman–Crippen MR) is 144 cm³/mol. The Labute approximate surface area is 234 Å². The molecule has 5 fully saturated rings. The molecule has 1 saturated carbocycles. The van der Waals surface area contributed by atoms with Gasteiger partial charge in [0, 0.05) is 43.8 Å². The van der Waals surface area contributed by atoms with Crippen LogP contribution in [-0.2, 0) is 21.3 Å². The smallest absolute Gasteiger partial charge is 0.273 e. The molecule has 1 aliphatic carbocycles. The highest BCUT2D eigenvalue weighted by atomic mass is 32.2. The van der Waals surface area contributed by atoms with Gasteiger partial charge in [0.1, 0.15) is 11.6 Å². The van der Waals surface area contributed by atoms with Crippen LogP contribution in [0.2, 0.25) is 0 Å². The van der Waals surface area contributed by atoms with Crippen molar-refractivity contribution in [2.24, 2.45) is 17.8 Å². The quantitative estimate of drug-likeness (QED) is 0.518. The van der Waals surface area contributed by atoms with Crippen LogP contribution in [0, 0.1) is 23.6 Å². The van der Waals surface area contributed by atoms with E-state index in [9.17, 15) is 17.6 Å². The summed E-state index contributed by atoms with van der Waals surface area (Å²) < 4.78 is 52.9. The third kappa shape index (κ3) is 5.21. The highest BCUT2D eigenvalue weighted by Crippen LogP contribution is 2.44. The summed E-state index contributed by atoms with van der Waals surface area (Å²) >= 11 is 0. The molecule has 9 nitrogen and oxygen atoms in total. The van der Waals surface area contributed by atoms with Crippen molar-refractivity contribution in [2.75, 3.05) is 32.1 Å². The lowest BCUT2D eigenvalue weighted by Gasteiger charge is -2.38. The van der Waals surface area contributed by atoms with Gasteiger partial charge in [0.15, 0.2) is 5.69 Å². The summed E-state index contributed by atoms with van der Waals surface area (Å²) in [7, 11) is -3.37. The third-order valence-corrected chi connectivity index (χ3v) is 11.9. The fourth-order valence-electron chi connectivity index (χ4n) is 7.97. The van der Waals surface area contributed by atoms with Crippen molar-refractivity contribution in [3.63, 3.8) is 0 Å². The molecule has 4 saturated heterocycles. The number of benzene rings is 1. The molecule has 2 aromatic rings. The Morgan fingerprint density at radius 1 is 1.02 bits per heavy atom. The van der Waals surface area contributed by atoms with E-state index in [2.05, 4.69) is 15.4 Å². The van der Waals surface area contributed by atoms with E-state index in [1.165, 1.54) is 12.1 Å². The SMILES string of the molecule is O=C(NC1C[C@H]2CC[C@@H](C1)N2S(=O)(=O)CC1C[C@@H]2CN(Cc3ccc(F)cc3)C[C@@H]2C1)c1cc(C2COC2)on1. The van der Waals surface area contributed by atoms with Crippen LogP contribution in [0.3, 0.4) is 0 Å². The molecular weight excluding hydrogens is 535 g/mol. The summed E-state index contributed by atoms with van der Waals surface area (Å²) in [5.41, 5.74) is 1.39. The lowest BCUT2D eigenvalue weighted by atomic mass is 9.99. The highest BCUT2D eigenvalue weighted by molar-refractivity contribution is 7.89. The number of nitrogens with zero attached hydrogens (tertiary/aromatic N) is 3. The zero-order valence-electron chi connectivity index (χ0n) is 22.6. The Morgan fingerprint density at radius 3 is 2.33 bits per heavy atom. The first-order valence-electron chi connectivity index (χ1n) is 14.6. The summed E-state index contributed by atoms with van der Waals surface area (Å²) in [4.78, 5) is 15.2. The van der Waals surface area contributed by atoms with Gasteiger partial charge >= 0.3 is 0 Å². The average Bonchev–Trinajstić information content (AvgIpc) is 3.63. The lowest BCUT2D eigenvalue weighted by molar-refractivity contribution is -0.00228. The molecule has 1 amide bonds. The predicted octanol–water partition coefficient (Wildman–Crippen LogP) is 3.14. The molecule has 1 aromatic heterocycles. The molecule has 4 aliphatic heterocycles. The van der Waals surface area contributed by atoms with Crippen LogP contribution < -0.4 is 5.32 Å². The zero-order valence-corrected chi connectivity index (χ0v) is 23.4. The van der Waals surface area contributed by atoms with Crippen molar-refractivity contribution in [3.8, 4) is 0 Å². The van der Waals surface area contributed by atoms with E-state index in [4.69, 9.17) is 9.26 Å². The summed E-state index contributed by atoms with van der Waals surface area (Å²) in [5, 5.41) is 7.02. The van der Waals surface area contributed by atoms with Crippen LogP contribution in [0.25, 0.3) is 0 Å². The topological polar surface area (TPSA) is 105 Å². The Hall–Kier alpha value is -2.34. The van der Waals surface area contributed by atoms with Crippen molar-refractivity contribution in [3.05, 3.63) is 53.2 Å². The number of aromatic nitrogens is 1. The van der Waals surface area contributed by atoms with E-state index in [-0.39, 0.29) is 53.1 Å². The number of piperidine rings is 1. The number of carbonyl (C=O) groups excluding carboxylic acids is 1. The van der Waals surface area contributed by atoms with Crippen LogP contribution >= 0.6 is 0 Å². The van der Waals surface area contributed by atoms with Gasteiger partial charge in [0.05, 0.1) is 24.9 Å². The van der Waals surface area contributed by atoms with Gasteiger partial charge in [-0.3, -0.25) is 9.69 Å². The van der Waals surface area contributed by atoms with Gasteiger partial charge in [-0.1, -0.05) is 17.3 Å². The second-order valence-electron chi connectivity index (χ2n) is 12.7. The Kier molecular flexibility index (Phi) is 6.96. The Balaban J connectivity index is 0.912. The lowest BCUT2D eigenvalue weighted by Crippen LogP contribution is -2.53. The van der Waals surface area contributed by atoms with Crippen LogP contribution in [0.1, 0.15) is 66.3 Å². The molecule has 11 heteroatoms. The zero-order chi connectivity index (χ0) is 27.4. The summed E-state index contributed by atoms with van der Waals surface area (Å²) in [5.74, 6) is 1.86. The van der Waals surface area contributed by atoms with Crippen molar-refractivity contribution >= 4 is 15.9 Å². The first-order chi connectivity index (χ1) is 19.3. The Morgan fingerprint density at radius 2 is 1.70 bits per heavy atom. The molecule has 216 valence electrons. The molecular formula is C29H37FN4O5S. The molecule has 0 radical (unpaired) electrons. The molecule has 6 atom stereocenters. The van der Waals surface area contributed by atoms with Gasteiger partial charge in [-0.15, -0.1) is 0 Å². The van der Waals surface area contributed by atoms with Crippen molar-refractivity contribution in [1.82, 2.24) is 19.7 Å². The third-order valence-electron chi connectivity index (χ3n) is 9.81. The van der Waals surface area contributed by atoms with Gasteiger partial charge in [0.2, 0.25) is 10.0 Å². The second kappa shape index (κ2) is 10.5. The number of rotatable bonds is 8. The normalized spacial score (nSPS) is 32.7. The van der Waals surface area contributed by atoms with Crippen LogP contribution in [-0.4, -0.2) is 78.9 Å². The minimum atomic E-state index is -3.37. The van der Waals surface area contributed by atoms with Gasteiger partial charge in [-0.05, 0) is 74.0 Å². The summed E-state index contributed by atoms with van der Waals surface area (Å²) in [6, 6.07) is 8.22.